The first-order valence-electron chi connectivity index (χ1n) is 8.43. The van der Waals surface area contributed by atoms with Gasteiger partial charge in [0.05, 0.1) is 19.7 Å². The molecule has 9 nitrogen and oxygen atoms in total. The van der Waals surface area contributed by atoms with E-state index in [1.54, 1.807) is 49.6 Å². The molecule has 0 bridgehead atoms. The van der Waals surface area contributed by atoms with Gasteiger partial charge in [-0.25, -0.2) is 5.43 Å². The van der Waals surface area contributed by atoms with Crippen LogP contribution in [0, 0.1) is 0 Å². The number of para-hydroxylation sites is 1. The average molecular weight is 411 g/mol. The number of hydrogen-bond acceptors (Lipinski definition) is 8. The maximum absolute atomic E-state index is 12.2. The summed E-state index contributed by atoms with van der Waals surface area (Å²) in [5.74, 6) is -0.0318. The largest absolute Gasteiger partial charge is 0.507 e. The zero-order chi connectivity index (χ0) is 20.6. The van der Waals surface area contributed by atoms with Crippen LogP contribution in [0.25, 0.3) is 0 Å². The number of ether oxygens (including phenoxy) is 1. The van der Waals surface area contributed by atoms with E-state index < -0.39 is 5.91 Å². The van der Waals surface area contributed by atoms with Crippen molar-refractivity contribution in [1.82, 2.24) is 15.6 Å². The van der Waals surface area contributed by atoms with E-state index in [-0.39, 0.29) is 23.2 Å². The van der Waals surface area contributed by atoms with Crippen LogP contribution in [0.2, 0.25) is 0 Å². The van der Waals surface area contributed by atoms with E-state index in [1.807, 2.05) is 0 Å². The Morgan fingerprint density at radius 3 is 2.66 bits per heavy atom. The van der Waals surface area contributed by atoms with Crippen LogP contribution in [0.15, 0.2) is 53.6 Å². The molecule has 29 heavy (non-hydrogen) atoms. The molecule has 0 saturated heterocycles. The van der Waals surface area contributed by atoms with Crippen LogP contribution in [-0.4, -0.2) is 40.4 Å². The Morgan fingerprint density at radius 1 is 1.17 bits per heavy atom. The fourth-order valence-electron chi connectivity index (χ4n) is 2.23. The van der Waals surface area contributed by atoms with Gasteiger partial charge in [0.25, 0.3) is 5.91 Å². The number of carbonyl (C=O) groups is 2. The second-order valence-corrected chi connectivity index (χ2v) is 6.77. The molecule has 3 N–H and O–H groups in total. The number of aromatic hydroxyl groups is 1. The Morgan fingerprint density at radius 2 is 1.93 bits per heavy atom. The number of amides is 2. The lowest BCUT2D eigenvalue weighted by molar-refractivity contribution is -0.120. The van der Waals surface area contributed by atoms with Crippen LogP contribution in [-0.2, 0) is 11.2 Å². The van der Waals surface area contributed by atoms with E-state index in [1.165, 1.54) is 12.3 Å². The number of carbonyl (C=O) groups excluding carboxylic acids is 2. The summed E-state index contributed by atoms with van der Waals surface area (Å²) >= 11 is 1.09. The van der Waals surface area contributed by atoms with Crippen molar-refractivity contribution in [3.05, 3.63) is 64.7 Å². The molecule has 148 valence electrons. The lowest BCUT2D eigenvalue weighted by atomic mass is 10.2. The number of aromatic nitrogens is 2. The lowest BCUT2D eigenvalue weighted by Crippen LogP contribution is -2.19. The Balaban J connectivity index is 1.52. The summed E-state index contributed by atoms with van der Waals surface area (Å²) in [5, 5.41) is 24.5. The third kappa shape index (κ3) is 5.59. The molecule has 0 aliphatic heterocycles. The fraction of sp³-hybridized carbons (Fsp3) is 0.105. The third-order valence-corrected chi connectivity index (χ3v) is 4.52. The van der Waals surface area contributed by atoms with Gasteiger partial charge in [-0.1, -0.05) is 23.5 Å². The topological polar surface area (TPSA) is 126 Å². The zero-order valence-electron chi connectivity index (χ0n) is 15.3. The smallest absolute Gasteiger partial charge is 0.257 e. The van der Waals surface area contributed by atoms with Gasteiger partial charge in [-0.2, -0.15) is 5.10 Å². The van der Waals surface area contributed by atoms with E-state index in [0.29, 0.717) is 21.9 Å². The van der Waals surface area contributed by atoms with E-state index in [0.717, 1.165) is 11.3 Å². The Bertz CT molecular complexity index is 1030. The van der Waals surface area contributed by atoms with E-state index in [2.05, 4.69) is 26.0 Å². The van der Waals surface area contributed by atoms with Gasteiger partial charge in [0.15, 0.2) is 0 Å². The van der Waals surface area contributed by atoms with Crippen LogP contribution >= 0.6 is 11.3 Å². The second-order valence-electron chi connectivity index (χ2n) is 5.71. The number of phenols is 1. The molecule has 0 aliphatic carbocycles. The molecular weight excluding hydrogens is 394 g/mol. The van der Waals surface area contributed by atoms with Crippen molar-refractivity contribution >= 4 is 34.5 Å². The maximum atomic E-state index is 12.2. The quantitative estimate of drug-likeness (QED) is 0.404. The summed E-state index contributed by atoms with van der Waals surface area (Å²) in [7, 11) is 1.55. The minimum atomic E-state index is -0.402. The molecule has 0 spiro atoms. The highest BCUT2D eigenvalue weighted by Crippen LogP contribution is 2.18. The Labute approximate surface area is 170 Å². The van der Waals surface area contributed by atoms with Gasteiger partial charge < -0.3 is 9.84 Å². The zero-order valence-corrected chi connectivity index (χ0v) is 16.1. The van der Waals surface area contributed by atoms with Crippen molar-refractivity contribution in [2.75, 3.05) is 12.4 Å². The first-order valence-corrected chi connectivity index (χ1v) is 9.24. The molecule has 0 radical (unpaired) electrons. The SMILES string of the molecule is COc1ccc(C(=O)Nc2nnc(CC(=O)N/N=C\c3ccccc3O)s2)cc1. The van der Waals surface area contributed by atoms with Gasteiger partial charge in [-0.3, -0.25) is 14.9 Å². The van der Waals surface area contributed by atoms with Gasteiger partial charge in [0.2, 0.25) is 11.0 Å². The Hall–Kier alpha value is -3.79. The van der Waals surface area contributed by atoms with Crippen molar-refractivity contribution in [3.63, 3.8) is 0 Å². The molecule has 10 heteroatoms. The monoisotopic (exact) mass is 411 g/mol. The van der Waals surface area contributed by atoms with Crippen LogP contribution in [0.5, 0.6) is 11.5 Å². The fourth-order valence-corrected chi connectivity index (χ4v) is 2.97. The van der Waals surface area contributed by atoms with Crippen molar-refractivity contribution in [2.24, 2.45) is 5.10 Å². The predicted octanol–water partition coefficient (Wildman–Crippen LogP) is 2.20. The van der Waals surface area contributed by atoms with Crippen molar-refractivity contribution < 1.29 is 19.4 Å². The molecular formula is C19H17N5O4S. The van der Waals surface area contributed by atoms with Crippen LogP contribution in [0.4, 0.5) is 5.13 Å². The second kappa shape index (κ2) is 9.42. The number of hydrazone groups is 1. The van der Waals surface area contributed by atoms with E-state index in [4.69, 9.17) is 4.74 Å². The number of anilines is 1. The summed E-state index contributed by atoms with van der Waals surface area (Å²) in [6.07, 6.45) is 1.29. The molecule has 0 fully saturated rings. The summed E-state index contributed by atoms with van der Waals surface area (Å²) < 4.78 is 5.05. The van der Waals surface area contributed by atoms with Crippen LogP contribution in [0.1, 0.15) is 20.9 Å². The third-order valence-electron chi connectivity index (χ3n) is 3.68. The van der Waals surface area contributed by atoms with Gasteiger partial charge in [0.1, 0.15) is 16.5 Å². The lowest BCUT2D eigenvalue weighted by Gasteiger charge is -2.02. The van der Waals surface area contributed by atoms with Crippen molar-refractivity contribution in [1.29, 1.82) is 0 Å². The number of nitrogens with one attached hydrogen (secondary N) is 2. The minimum absolute atomic E-state index is 0.0474. The number of nitrogens with zero attached hydrogens (tertiary/aromatic N) is 3. The molecule has 0 aliphatic rings. The number of phenolic OH excluding ortho intramolecular Hbond substituents is 1. The van der Waals surface area contributed by atoms with Gasteiger partial charge in [-0.15, -0.1) is 10.2 Å². The first kappa shape index (κ1) is 20.0. The number of hydrogen-bond donors (Lipinski definition) is 3. The summed E-state index contributed by atoms with van der Waals surface area (Å²) in [6, 6.07) is 13.2. The summed E-state index contributed by atoms with van der Waals surface area (Å²) in [6.45, 7) is 0. The molecule has 0 saturated carbocycles. The number of benzene rings is 2. The van der Waals surface area contributed by atoms with E-state index >= 15 is 0 Å². The molecule has 0 unspecified atom stereocenters. The Kier molecular flexibility index (Phi) is 6.48. The highest BCUT2D eigenvalue weighted by atomic mass is 32.1. The van der Waals surface area contributed by atoms with Crippen molar-refractivity contribution in [3.8, 4) is 11.5 Å². The van der Waals surface area contributed by atoms with Crippen molar-refractivity contribution in [2.45, 2.75) is 6.42 Å². The van der Waals surface area contributed by atoms with E-state index in [9.17, 15) is 14.7 Å². The molecule has 1 heterocycles. The molecule has 3 rings (SSSR count). The van der Waals surface area contributed by atoms with Crippen LogP contribution < -0.4 is 15.5 Å². The minimum Gasteiger partial charge on any atom is -0.507 e. The first-order chi connectivity index (χ1) is 14.0. The highest BCUT2D eigenvalue weighted by molar-refractivity contribution is 7.15. The predicted molar refractivity (Wildman–Crippen MR) is 108 cm³/mol. The molecule has 3 aromatic rings. The molecule has 1 aromatic heterocycles. The molecule has 0 atom stereocenters. The molecule has 2 amide bonds. The normalized spacial score (nSPS) is 10.7. The van der Waals surface area contributed by atoms with Gasteiger partial charge >= 0.3 is 0 Å². The summed E-state index contributed by atoms with van der Waals surface area (Å²) in [5.41, 5.74) is 3.27. The van der Waals surface area contributed by atoms with Gasteiger partial charge in [-0.05, 0) is 36.4 Å². The molecule has 2 aromatic carbocycles. The summed E-state index contributed by atoms with van der Waals surface area (Å²) in [4.78, 5) is 24.2. The number of rotatable bonds is 7. The van der Waals surface area contributed by atoms with Crippen LogP contribution in [0.3, 0.4) is 0 Å². The standard InChI is InChI=1S/C19H17N5O4S/c1-28-14-8-6-12(7-9-14)18(27)21-19-24-23-17(29-19)10-16(26)22-20-11-13-4-2-3-5-15(13)25/h2-9,11,25H,10H2,1H3,(H,22,26)(H,21,24,27)/b20-11-. The average Bonchev–Trinajstić information content (AvgIpc) is 3.16. The maximum Gasteiger partial charge on any atom is 0.257 e. The highest BCUT2D eigenvalue weighted by Gasteiger charge is 2.12. The van der Waals surface area contributed by atoms with Gasteiger partial charge in [0, 0.05) is 11.1 Å². The number of methoxy groups -OCH3 is 1.